The molecule has 0 unspecified atom stereocenters. The Labute approximate surface area is 177 Å². The third-order valence-corrected chi connectivity index (χ3v) is 7.41. The first-order chi connectivity index (χ1) is 13.7. The van der Waals surface area contributed by atoms with Crippen LogP contribution in [0.2, 0.25) is 5.02 Å². The van der Waals surface area contributed by atoms with Crippen molar-refractivity contribution in [1.82, 2.24) is 15.2 Å². The molecule has 2 atom stereocenters. The summed E-state index contributed by atoms with van der Waals surface area (Å²) in [5.74, 6) is -1.13. The van der Waals surface area contributed by atoms with Crippen molar-refractivity contribution in [3.63, 3.8) is 0 Å². The van der Waals surface area contributed by atoms with Crippen LogP contribution < -0.4 is 10.9 Å². The molecular weight excluding hydrogens is 438 g/mol. The van der Waals surface area contributed by atoms with Gasteiger partial charge in [-0.05, 0) is 43.5 Å². The van der Waals surface area contributed by atoms with E-state index in [1.165, 1.54) is 33.8 Å². The summed E-state index contributed by atoms with van der Waals surface area (Å²) in [4.78, 5) is 24.6. The monoisotopic (exact) mass is 457 g/mol. The van der Waals surface area contributed by atoms with E-state index in [4.69, 9.17) is 16.3 Å². The number of hydrazine groups is 1. The van der Waals surface area contributed by atoms with Gasteiger partial charge in [-0.15, -0.1) is 11.3 Å². The van der Waals surface area contributed by atoms with Gasteiger partial charge in [0.1, 0.15) is 4.90 Å². The van der Waals surface area contributed by atoms with Crippen LogP contribution in [0.3, 0.4) is 0 Å². The molecule has 0 aliphatic carbocycles. The Morgan fingerprint density at radius 1 is 1.14 bits per heavy atom. The van der Waals surface area contributed by atoms with Crippen LogP contribution in [-0.2, 0) is 14.8 Å². The van der Waals surface area contributed by atoms with Gasteiger partial charge in [0, 0.05) is 18.7 Å². The maximum Gasteiger partial charge on any atom is 0.279 e. The fourth-order valence-corrected chi connectivity index (χ4v) is 5.67. The van der Waals surface area contributed by atoms with E-state index in [9.17, 15) is 18.0 Å². The lowest BCUT2D eigenvalue weighted by molar-refractivity contribution is -0.0440. The number of carbonyl (C=O) groups is 2. The normalized spacial score (nSPS) is 20.2. The minimum absolute atomic E-state index is 0.0102. The van der Waals surface area contributed by atoms with Crippen LogP contribution >= 0.6 is 22.9 Å². The molecule has 1 aliphatic heterocycles. The lowest BCUT2D eigenvalue weighted by Crippen LogP contribution is -2.48. The molecule has 1 aromatic heterocycles. The van der Waals surface area contributed by atoms with E-state index in [-0.39, 0.29) is 40.8 Å². The van der Waals surface area contributed by atoms with Gasteiger partial charge in [0.2, 0.25) is 10.0 Å². The highest BCUT2D eigenvalue weighted by Gasteiger charge is 2.33. The molecule has 11 heteroatoms. The molecule has 3 rings (SSSR count). The van der Waals surface area contributed by atoms with Crippen LogP contribution in [0, 0.1) is 0 Å². The molecule has 1 aromatic carbocycles. The fraction of sp³-hybridized carbons (Fsp3) is 0.333. The van der Waals surface area contributed by atoms with Crippen LogP contribution in [0.25, 0.3) is 0 Å². The molecular formula is C18H20ClN3O5S2. The Morgan fingerprint density at radius 3 is 2.41 bits per heavy atom. The number of benzene rings is 1. The summed E-state index contributed by atoms with van der Waals surface area (Å²) in [7, 11) is -3.93. The molecule has 1 fully saturated rings. The molecule has 8 nitrogen and oxygen atoms in total. The first-order valence-corrected chi connectivity index (χ1v) is 11.5. The maximum absolute atomic E-state index is 13.1. The van der Waals surface area contributed by atoms with E-state index < -0.39 is 21.8 Å². The van der Waals surface area contributed by atoms with Crippen molar-refractivity contribution in [2.45, 2.75) is 31.0 Å². The number of ether oxygens (including phenoxy) is 1. The quantitative estimate of drug-likeness (QED) is 0.685. The van der Waals surface area contributed by atoms with E-state index in [1.54, 1.807) is 31.4 Å². The van der Waals surface area contributed by atoms with Gasteiger partial charge in [-0.1, -0.05) is 17.7 Å². The largest absolute Gasteiger partial charge is 0.373 e. The average molecular weight is 458 g/mol. The standard InChI is InChI=1S/C18H20ClN3O5S2/c1-11-9-22(10-12(2)27-11)29(25,26)16-8-13(5-6-14(16)19)17(23)20-21-18(24)15-4-3-7-28-15/h3-8,11-12H,9-10H2,1-2H3,(H,20,23)(H,21,24)/t11-,12+. The van der Waals surface area contributed by atoms with E-state index >= 15 is 0 Å². The summed E-state index contributed by atoms with van der Waals surface area (Å²) in [6.07, 6.45) is -0.516. The number of amides is 2. The Balaban J connectivity index is 1.78. The summed E-state index contributed by atoms with van der Waals surface area (Å²) in [6.45, 7) is 3.96. The molecule has 2 amide bonds. The number of halogens is 1. The molecule has 0 saturated carbocycles. The van der Waals surface area contributed by atoms with Crippen molar-refractivity contribution in [3.05, 3.63) is 51.2 Å². The molecule has 0 radical (unpaired) electrons. The van der Waals surface area contributed by atoms with Gasteiger partial charge in [-0.25, -0.2) is 8.42 Å². The Kier molecular flexibility index (Phi) is 6.59. The van der Waals surface area contributed by atoms with Crippen LogP contribution in [0.15, 0.2) is 40.6 Å². The minimum atomic E-state index is -3.93. The second-order valence-electron chi connectivity index (χ2n) is 6.61. The molecule has 29 heavy (non-hydrogen) atoms. The van der Waals surface area contributed by atoms with E-state index in [1.807, 2.05) is 0 Å². The second kappa shape index (κ2) is 8.80. The van der Waals surface area contributed by atoms with Crippen LogP contribution in [0.1, 0.15) is 33.9 Å². The number of nitrogens with one attached hydrogen (secondary N) is 2. The lowest BCUT2D eigenvalue weighted by Gasteiger charge is -2.34. The van der Waals surface area contributed by atoms with Crippen molar-refractivity contribution in [3.8, 4) is 0 Å². The predicted molar refractivity (Wildman–Crippen MR) is 109 cm³/mol. The van der Waals surface area contributed by atoms with Crippen LogP contribution in [-0.4, -0.2) is 49.8 Å². The smallest absolute Gasteiger partial charge is 0.279 e. The second-order valence-corrected chi connectivity index (χ2v) is 9.87. The number of hydrogen-bond donors (Lipinski definition) is 2. The van der Waals surface area contributed by atoms with E-state index in [2.05, 4.69) is 10.9 Å². The molecule has 156 valence electrons. The topological polar surface area (TPSA) is 105 Å². The zero-order valence-electron chi connectivity index (χ0n) is 15.7. The van der Waals surface area contributed by atoms with Crippen molar-refractivity contribution in [2.24, 2.45) is 0 Å². The zero-order valence-corrected chi connectivity index (χ0v) is 18.1. The molecule has 2 heterocycles. The number of thiophene rings is 1. The molecule has 1 saturated heterocycles. The van der Waals surface area contributed by atoms with Crippen molar-refractivity contribution in [2.75, 3.05) is 13.1 Å². The molecule has 0 spiro atoms. The number of hydrogen-bond acceptors (Lipinski definition) is 6. The Morgan fingerprint density at radius 2 is 1.79 bits per heavy atom. The highest BCUT2D eigenvalue weighted by Crippen LogP contribution is 2.28. The molecule has 0 bridgehead atoms. The first-order valence-electron chi connectivity index (χ1n) is 8.78. The van der Waals surface area contributed by atoms with Gasteiger partial charge < -0.3 is 4.74 Å². The third kappa shape index (κ3) is 4.96. The lowest BCUT2D eigenvalue weighted by atomic mass is 10.2. The fourth-order valence-electron chi connectivity index (χ4n) is 2.96. The van der Waals surface area contributed by atoms with E-state index in [0.29, 0.717) is 4.88 Å². The van der Waals surface area contributed by atoms with Gasteiger partial charge >= 0.3 is 0 Å². The van der Waals surface area contributed by atoms with Gasteiger partial charge in [-0.3, -0.25) is 20.4 Å². The average Bonchev–Trinajstić information content (AvgIpc) is 3.20. The van der Waals surface area contributed by atoms with Gasteiger partial charge in [0.15, 0.2) is 0 Å². The number of rotatable bonds is 4. The predicted octanol–water partition coefficient (Wildman–Crippen LogP) is 2.27. The van der Waals surface area contributed by atoms with Crippen molar-refractivity contribution < 1.29 is 22.7 Å². The van der Waals surface area contributed by atoms with Gasteiger partial charge in [0.05, 0.1) is 22.1 Å². The first kappa shape index (κ1) is 21.7. The van der Waals surface area contributed by atoms with Crippen molar-refractivity contribution in [1.29, 1.82) is 0 Å². The number of morpholine rings is 1. The minimum Gasteiger partial charge on any atom is -0.373 e. The SMILES string of the molecule is C[C@@H]1CN(S(=O)(=O)c2cc(C(=O)NNC(=O)c3cccs3)ccc2Cl)C[C@H](C)O1. The molecule has 2 aromatic rings. The highest BCUT2D eigenvalue weighted by molar-refractivity contribution is 7.89. The number of sulfonamides is 1. The number of carbonyl (C=O) groups excluding carboxylic acids is 2. The van der Waals surface area contributed by atoms with Crippen LogP contribution in [0.5, 0.6) is 0 Å². The highest BCUT2D eigenvalue weighted by atomic mass is 35.5. The third-order valence-electron chi connectivity index (χ3n) is 4.23. The summed E-state index contributed by atoms with van der Waals surface area (Å²) in [6, 6.07) is 7.26. The summed E-state index contributed by atoms with van der Waals surface area (Å²) < 4.78 is 33.0. The summed E-state index contributed by atoms with van der Waals surface area (Å²) in [5.41, 5.74) is 4.62. The van der Waals surface area contributed by atoms with E-state index in [0.717, 1.165) is 0 Å². The molecule has 2 N–H and O–H groups in total. The Bertz CT molecular complexity index is 1000. The van der Waals surface area contributed by atoms with Gasteiger partial charge in [-0.2, -0.15) is 4.31 Å². The number of nitrogens with zero attached hydrogens (tertiary/aromatic N) is 1. The molecule has 1 aliphatic rings. The summed E-state index contributed by atoms with van der Waals surface area (Å²) >= 11 is 7.36. The van der Waals surface area contributed by atoms with Crippen LogP contribution in [0.4, 0.5) is 0 Å². The summed E-state index contributed by atoms with van der Waals surface area (Å²) in [5, 5.41) is 1.75. The Hall–Kier alpha value is -1.98. The van der Waals surface area contributed by atoms with Gasteiger partial charge in [0.25, 0.3) is 11.8 Å². The van der Waals surface area contributed by atoms with Crippen molar-refractivity contribution >= 4 is 44.8 Å². The zero-order chi connectivity index (χ0) is 21.2. The maximum atomic E-state index is 13.1.